The van der Waals surface area contributed by atoms with Crippen LogP contribution in [0.15, 0.2) is 18.2 Å². The Kier molecular flexibility index (Phi) is 5.42. The number of hydrogen-bond acceptors (Lipinski definition) is 3. The van der Waals surface area contributed by atoms with Crippen molar-refractivity contribution in [2.45, 2.75) is 32.7 Å². The second kappa shape index (κ2) is 7.11. The summed E-state index contributed by atoms with van der Waals surface area (Å²) in [7, 11) is 0. The van der Waals surface area contributed by atoms with E-state index in [1.165, 1.54) is 0 Å². The predicted molar refractivity (Wildman–Crippen MR) is 88.0 cm³/mol. The minimum absolute atomic E-state index is 0.0247. The summed E-state index contributed by atoms with van der Waals surface area (Å²) < 4.78 is 0. The molecular weight excluding hydrogens is 302 g/mol. The molecule has 0 bridgehead atoms. The maximum absolute atomic E-state index is 12.5. The lowest BCUT2D eigenvalue weighted by molar-refractivity contribution is -0.116. The van der Waals surface area contributed by atoms with Crippen molar-refractivity contribution in [2.75, 3.05) is 18.4 Å². The molecule has 22 heavy (non-hydrogen) atoms. The van der Waals surface area contributed by atoms with Crippen LogP contribution in [0.3, 0.4) is 0 Å². The Morgan fingerprint density at radius 1 is 1.45 bits per heavy atom. The molecule has 1 aromatic carbocycles. The molecule has 1 fully saturated rings. The number of likely N-dealkylation sites (tertiary alicyclic amines) is 1. The van der Waals surface area contributed by atoms with Gasteiger partial charge in [0.05, 0.1) is 10.6 Å². The fourth-order valence-electron chi connectivity index (χ4n) is 2.49. The van der Waals surface area contributed by atoms with Crippen LogP contribution in [0.25, 0.3) is 0 Å². The van der Waals surface area contributed by atoms with E-state index in [1.807, 2.05) is 13.8 Å². The monoisotopic (exact) mass is 323 g/mol. The molecule has 2 amide bonds. The number of nitrogens with two attached hydrogens (primary N) is 1. The Hall–Kier alpha value is -1.59. The van der Waals surface area contributed by atoms with E-state index in [0.29, 0.717) is 35.8 Å². The van der Waals surface area contributed by atoms with Gasteiger partial charge in [-0.15, -0.1) is 0 Å². The van der Waals surface area contributed by atoms with Gasteiger partial charge in [-0.05, 0) is 30.5 Å². The van der Waals surface area contributed by atoms with Crippen LogP contribution < -0.4 is 11.1 Å². The first-order valence-corrected chi connectivity index (χ1v) is 7.89. The van der Waals surface area contributed by atoms with Gasteiger partial charge in [-0.25, -0.2) is 0 Å². The van der Waals surface area contributed by atoms with Crippen LogP contribution in [0.2, 0.25) is 5.02 Å². The van der Waals surface area contributed by atoms with E-state index in [-0.39, 0.29) is 23.8 Å². The van der Waals surface area contributed by atoms with Gasteiger partial charge in [0, 0.05) is 31.2 Å². The largest absolute Gasteiger partial charge is 0.337 e. The van der Waals surface area contributed by atoms with E-state index in [2.05, 4.69) is 5.32 Å². The van der Waals surface area contributed by atoms with Crippen LogP contribution in [-0.2, 0) is 4.79 Å². The summed E-state index contributed by atoms with van der Waals surface area (Å²) in [6.45, 7) is 5.14. The number of rotatable bonds is 4. The van der Waals surface area contributed by atoms with Crippen molar-refractivity contribution in [2.24, 2.45) is 11.7 Å². The molecule has 0 spiro atoms. The summed E-state index contributed by atoms with van der Waals surface area (Å²) in [6, 6.07) is 4.99. The van der Waals surface area contributed by atoms with Crippen molar-refractivity contribution in [1.82, 2.24) is 4.90 Å². The maximum atomic E-state index is 12.5. The van der Waals surface area contributed by atoms with Crippen molar-refractivity contribution in [1.29, 1.82) is 0 Å². The molecule has 6 heteroatoms. The standard InChI is InChI=1S/C16H22ClN3O2/c1-10(2)7-15(21)19-12-3-4-14(17)13(8-12)16(22)20-6-5-11(18)9-20/h3-4,8,10-11H,5-7,9,18H2,1-2H3,(H,19,21)/t11-/m1/s1. The van der Waals surface area contributed by atoms with Gasteiger partial charge in [-0.3, -0.25) is 9.59 Å². The van der Waals surface area contributed by atoms with Gasteiger partial charge >= 0.3 is 0 Å². The fraction of sp³-hybridized carbons (Fsp3) is 0.500. The zero-order valence-electron chi connectivity index (χ0n) is 12.9. The number of carbonyl (C=O) groups excluding carboxylic acids is 2. The molecule has 0 aliphatic carbocycles. The average molecular weight is 324 g/mol. The molecule has 3 N–H and O–H groups in total. The molecule has 5 nitrogen and oxygen atoms in total. The van der Waals surface area contributed by atoms with Gasteiger partial charge < -0.3 is 16.0 Å². The number of carbonyl (C=O) groups is 2. The summed E-state index contributed by atoms with van der Waals surface area (Å²) in [5.74, 6) is 0.0660. The zero-order valence-corrected chi connectivity index (χ0v) is 13.7. The SMILES string of the molecule is CC(C)CC(=O)Nc1ccc(Cl)c(C(=O)N2CC[C@@H](N)C2)c1. The number of benzene rings is 1. The highest BCUT2D eigenvalue weighted by Crippen LogP contribution is 2.24. The first-order valence-electron chi connectivity index (χ1n) is 7.51. The molecule has 1 heterocycles. The lowest BCUT2D eigenvalue weighted by atomic mass is 10.1. The molecule has 0 unspecified atom stereocenters. The Balaban J connectivity index is 2.13. The number of anilines is 1. The third-order valence-electron chi connectivity index (χ3n) is 3.59. The second-order valence-electron chi connectivity index (χ2n) is 6.14. The summed E-state index contributed by atoms with van der Waals surface area (Å²) in [6.07, 6.45) is 1.24. The molecule has 1 saturated heterocycles. The Morgan fingerprint density at radius 2 is 2.18 bits per heavy atom. The quantitative estimate of drug-likeness (QED) is 0.894. The lowest BCUT2D eigenvalue weighted by Crippen LogP contribution is -2.32. The van der Waals surface area contributed by atoms with Crippen molar-refractivity contribution in [3.8, 4) is 0 Å². The number of nitrogens with one attached hydrogen (secondary N) is 1. The van der Waals surface area contributed by atoms with Gasteiger partial charge in [0.15, 0.2) is 0 Å². The normalized spacial score (nSPS) is 17.9. The van der Waals surface area contributed by atoms with E-state index in [0.717, 1.165) is 6.42 Å². The van der Waals surface area contributed by atoms with Crippen molar-refractivity contribution in [3.63, 3.8) is 0 Å². The predicted octanol–water partition coefficient (Wildman–Crippen LogP) is 2.50. The number of amides is 2. The number of hydrogen-bond donors (Lipinski definition) is 2. The van der Waals surface area contributed by atoms with E-state index < -0.39 is 0 Å². The molecular formula is C16H22ClN3O2. The summed E-state index contributed by atoms with van der Waals surface area (Å²) in [5, 5.41) is 3.18. The van der Waals surface area contributed by atoms with Gasteiger partial charge in [0.1, 0.15) is 0 Å². The maximum Gasteiger partial charge on any atom is 0.255 e. The van der Waals surface area contributed by atoms with E-state index in [4.69, 9.17) is 17.3 Å². The molecule has 1 aliphatic rings. The van der Waals surface area contributed by atoms with Crippen LogP contribution in [0.1, 0.15) is 37.0 Å². The highest BCUT2D eigenvalue weighted by atomic mass is 35.5. The topological polar surface area (TPSA) is 75.4 Å². The minimum atomic E-state index is -0.141. The first-order chi connectivity index (χ1) is 10.4. The third kappa shape index (κ3) is 4.21. The first kappa shape index (κ1) is 16.8. The zero-order chi connectivity index (χ0) is 16.3. The van der Waals surface area contributed by atoms with Gasteiger partial charge in [-0.2, -0.15) is 0 Å². The van der Waals surface area contributed by atoms with Gasteiger partial charge in [-0.1, -0.05) is 25.4 Å². The Labute approximate surface area is 135 Å². The van der Waals surface area contributed by atoms with Crippen LogP contribution in [0.5, 0.6) is 0 Å². The van der Waals surface area contributed by atoms with E-state index >= 15 is 0 Å². The van der Waals surface area contributed by atoms with Crippen molar-refractivity contribution < 1.29 is 9.59 Å². The van der Waals surface area contributed by atoms with Crippen LogP contribution >= 0.6 is 11.6 Å². The number of halogens is 1. The van der Waals surface area contributed by atoms with Crippen LogP contribution in [0, 0.1) is 5.92 Å². The minimum Gasteiger partial charge on any atom is -0.337 e. The molecule has 2 rings (SSSR count). The van der Waals surface area contributed by atoms with Crippen LogP contribution in [-0.4, -0.2) is 35.8 Å². The van der Waals surface area contributed by atoms with Crippen molar-refractivity contribution in [3.05, 3.63) is 28.8 Å². The van der Waals surface area contributed by atoms with E-state index in [9.17, 15) is 9.59 Å². The van der Waals surface area contributed by atoms with Gasteiger partial charge in [0.25, 0.3) is 5.91 Å². The Bertz CT molecular complexity index is 575. The van der Waals surface area contributed by atoms with Gasteiger partial charge in [0.2, 0.25) is 5.91 Å². The van der Waals surface area contributed by atoms with E-state index in [1.54, 1.807) is 23.1 Å². The smallest absolute Gasteiger partial charge is 0.255 e. The molecule has 0 saturated carbocycles. The molecule has 0 radical (unpaired) electrons. The fourth-order valence-corrected chi connectivity index (χ4v) is 2.69. The summed E-state index contributed by atoms with van der Waals surface area (Å²) in [5.41, 5.74) is 6.82. The molecule has 120 valence electrons. The molecule has 1 aliphatic heterocycles. The highest BCUT2D eigenvalue weighted by Gasteiger charge is 2.26. The van der Waals surface area contributed by atoms with Crippen molar-refractivity contribution >= 4 is 29.1 Å². The summed E-state index contributed by atoms with van der Waals surface area (Å²) in [4.78, 5) is 26.0. The molecule has 0 aromatic heterocycles. The lowest BCUT2D eigenvalue weighted by Gasteiger charge is -2.17. The molecule has 1 atom stereocenters. The van der Waals surface area contributed by atoms with Crippen LogP contribution in [0.4, 0.5) is 5.69 Å². The second-order valence-corrected chi connectivity index (χ2v) is 6.55. The highest BCUT2D eigenvalue weighted by molar-refractivity contribution is 6.34. The third-order valence-corrected chi connectivity index (χ3v) is 3.92. The number of nitrogens with zero attached hydrogens (tertiary/aromatic N) is 1. The molecule has 1 aromatic rings. The summed E-state index contributed by atoms with van der Waals surface area (Å²) >= 11 is 6.14. The average Bonchev–Trinajstić information content (AvgIpc) is 2.86. The Morgan fingerprint density at radius 3 is 2.77 bits per heavy atom.